The summed E-state index contributed by atoms with van der Waals surface area (Å²) < 4.78 is 2.02. The number of aryl methyl sites for hydroxylation is 3. The maximum absolute atomic E-state index is 5.59. The third kappa shape index (κ3) is 1.90. The molecule has 3 rings (SSSR count). The standard InChI is InChI=1S/C13H17N5/c1-9-11(6-5-10(8-14)15-9)13-16-12-4-2-3-7-18(12)17-13/h5-6H,2-4,7-8,14H2,1H3. The molecule has 5 heteroatoms. The summed E-state index contributed by atoms with van der Waals surface area (Å²) in [7, 11) is 0. The number of fused-ring (bicyclic) bond motifs is 1. The predicted octanol–water partition coefficient (Wildman–Crippen LogP) is 1.44. The molecule has 18 heavy (non-hydrogen) atoms. The fourth-order valence-corrected chi connectivity index (χ4v) is 2.36. The van der Waals surface area contributed by atoms with Crippen LogP contribution in [0.2, 0.25) is 0 Å². The van der Waals surface area contributed by atoms with Crippen molar-refractivity contribution in [2.45, 2.75) is 39.3 Å². The van der Waals surface area contributed by atoms with Crippen LogP contribution in [0, 0.1) is 6.92 Å². The molecular weight excluding hydrogens is 226 g/mol. The van der Waals surface area contributed by atoms with Gasteiger partial charge in [-0.05, 0) is 31.9 Å². The first-order chi connectivity index (χ1) is 8.78. The van der Waals surface area contributed by atoms with E-state index in [1.54, 1.807) is 0 Å². The van der Waals surface area contributed by atoms with Crippen molar-refractivity contribution in [2.75, 3.05) is 0 Å². The molecule has 1 aliphatic heterocycles. The highest BCUT2D eigenvalue weighted by atomic mass is 15.3. The highest BCUT2D eigenvalue weighted by Gasteiger charge is 2.16. The summed E-state index contributed by atoms with van der Waals surface area (Å²) in [5, 5.41) is 4.57. The van der Waals surface area contributed by atoms with Gasteiger partial charge >= 0.3 is 0 Å². The van der Waals surface area contributed by atoms with Crippen LogP contribution in [-0.4, -0.2) is 19.7 Å². The minimum absolute atomic E-state index is 0.467. The van der Waals surface area contributed by atoms with E-state index >= 15 is 0 Å². The number of hydrogen-bond acceptors (Lipinski definition) is 4. The molecule has 0 amide bonds. The largest absolute Gasteiger partial charge is 0.325 e. The van der Waals surface area contributed by atoms with Crippen LogP contribution in [0.15, 0.2) is 12.1 Å². The molecule has 2 N–H and O–H groups in total. The van der Waals surface area contributed by atoms with Gasteiger partial charge in [-0.25, -0.2) is 9.67 Å². The van der Waals surface area contributed by atoms with Crippen molar-refractivity contribution in [1.82, 2.24) is 19.7 Å². The number of aromatic nitrogens is 4. The molecule has 0 atom stereocenters. The second kappa shape index (κ2) is 4.49. The Labute approximate surface area is 106 Å². The summed E-state index contributed by atoms with van der Waals surface area (Å²) in [6.45, 7) is 3.43. The van der Waals surface area contributed by atoms with Gasteiger partial charge in [0.15, 0.2) is 5.82 Å². The maximum Gasteiger partial charge on any atom is 0.183 e. The molecule has 0 bridgehead atoms. The van der Waals surface area contributed by atoms with E-state index in [1.807, 2.05) is 23.7 Å². The average Bonchev–Trinajstić information content (AvgIpc) is 2.81. The fraction of sp³-hybridized carbons (Fsp3) is 0.462. The van der Waals surface area contributed by atoms with Crippen LogP contribution in [0.3, 0.4) is 0 Å². The summed E-state index contributed by atoms with van der Waals surface area (Å²) in [6, 6.07) is 3.97. The summed E-state index contributed by atoms with van der Waals surface area (Å²) in [5.41, 5.74) is 8.45. The minimum Gasteiger partial charge on any atom is -0.325 e. The van der Waals surface area contributed by atoms with Crippen LogP contribution < -0.4 is 5.73 Å². The van der Waals surface area contributed by atoms with E-state index in [-0.39, 0.29) is 0 Å². The molecule has 0 aromatic carbocycles. The highest BCUT2D eigenvalue weighted by molar-refractivity contribution is 5.57. The minimum atomic E-state index is 0.467. The Hall–Kier alpha value is -1.75. The Bertz CT molecular complexity index is 549. The van der Waals surface area contributed by atoms with Crippen LogP contribution in [0.25, 0.3) is 11.4 Å². The number of hydrogen-bond donors (Lipinski definition) is 1. The van der Waals surface area contributed by atoms with Gasteiger partial charge in [0.2, 0.25) is 0 Å². The molecule has 0 aliphatic carbocycles. The van der Waals surface area contributed by atoms with E-state index in [4.69, 9.17) is 5.73 Å². The Morgan fingerprint density at radius 1 is 1.28 bits per heavy atom. The van der Waals surface area contributed by atoms with E-state index < -0.39 is 0 Å². The van der Waals surface area contributed by atoms with E-state index in [9.17, 15) is 0 Å². The fourth-order valence-electron chi connectivity index (χ4n) is 2.36. The van der Waals surface area contributed by atoms with Gasteiger partial charge in [-0.15, -0.1) is 0 Å². The monoisotopic (exact) mass is 243 g/mol. The van der Waals surface area contributed by atoms with Crippen LogP contribution in [0.5, 0.6) is 0 Å². The normalized spacial score (nSPS) is 14.6. The van der Waals surface area contributed by atoms with Crippen LogP contribution >= 0.6 is 0 Å². The molecule has 2 aromatic rings. The third-order valence-electron chi connectivity index (χ3n) is 3.36. The lowest BCUT2D eigenvalue weighted by Gasteiger charge is -2.09. The molecule has 0 radical (unpaired) electrons. The SMILES string of the molecule is Cc1nc(CN)ccc1-c1nc2n(n1)CCCC2. The van der Waals surface area contributed by atoms with E-state index in [2.05, 4.69) is 15.1 Å². The van der Waals surface area contributed by atoms with Gasteiger partial charge in [-0.3, -0.25) is 4.98 Å². The zero-order valence-electron chi connectivity index (χ0n) is 10.6. The van der Waals surface area contributed by atoms with E-state index in [0.29, 0.717) is 6.54 Å². The molecular formula is C13H17N5. The van der Waals surface area contributed by atoms with Gasteiger partial charge in [0, 0.05) is 30.8 Å². The summed E-state index contributed by atoms with van der Waals surface area (Å²) in [5.74, 6) is 1.89. The molecule has 2 aromatic heterocycles. The average molecular weight is 243 g/mol. The van der Waals surface area contributed by atoms with Crippen LogP contribution in [0.1, 0.15) is 30.1 Å². The second-order valence-corrected chi connectivity index (χ2v) is 4.67. The molecule has 0 fully saturated rings. The van der Waals surface area contributed by atoms with Crippen molar-refractivity contribution in [3.8, 4) is 11.4 Å². The maximum atomic E-state index is 5.59. The lowest BCUT2D eigenvalue weighted by molar-refractivity contribution is 0.480. The number of nitrogens with two attached hydrogens (primary N) is 1. The summed E-state index contributed by atoms with van der Waals surface area (Å²) in [6.07, 6.45) is 3.43. The molecule has 3 heterocycles. The first-order valence-corrected chi connectivity index (χ1v) is 6.38. The second-order valence-electron chi connectivity index (χ2n) is 4.67. The van der Waals surface area contributed by atoms with E-state index in [1.165, 1.54) is 12.8 Å². The first kappa shape index (κ1) is 11.3. The number of rotatable bonds is 2. The van der Waals surface area contributed by atoms with Crippen LogP contribution in [-0.2, 0) is 19.5 Å². The van der Waals surface area contributed by atoms with Crippen molar-refractivity contribution in [1.29, 1.82) is 0 Å². The zero-order chi connectivity index (χ0) is 12.5. The molecule has 0 saturated heterocycles. The van der Waals surface area contributed by atoms with Crippen molar-refractivity contribution < 1.29 is 0 Å². The van der Waals surface area contributed by atoms with Crippen molar-refractivity contribution >= 4 is 0 Å². The topological polar surface area (TPSA) is 69.6 Å². The van der Waals surface area contributed by atoms with Gasteiger partial charge in [0.25, 0.3) is 0 Å². The van der Waals surface area contributed by atoms with Gasteiger partial charge in [-0.2, -0.15) is 5.10 Å². The van der Waals surface area contributed by atoms with Gasteiger partial charge in [-0.1, -0.05) is 0 Å². The van der Waals surface area contributed by atoms with E-state index in [0.717, 1.165) is 41.6 Å². The molecule has 0 unspecified atom stereocenters. The van der Waals surface area contributed by atoms with Gasteiger partial charge < -0.3 is 5.73 Å². The molecule has 0 saturated carbocycles. The Morgan fingerprint density at radius 2 is 2.17 bits per heavy atom. The Kier molecular flexibility index (Phi) is 2.83. The molecule has 0 spiro atoms. The number of nitrogens with zero attached hydrogens (tertiary/aromatic N) is 4. The Morgan fingerprint density at radius 3 is 2.89 bits per heavy atom. The lowest BCUT2D eigenvalue weighted by Crippen LogP contribution is -2.11. The quantitative estimate of drug-likeness (QED) is 0.866. The van der Waals surface area contributed by atoms with Crippen LogP contribution in [0.4, 0.5) is 0 Å². The Balaban J connectivity index is 2.01. The summed E-state index contributed by atoms with van der Waals surface area (Å²) in [4.78, 5) is 9.08. The number of pyridine rings is 1. The summed E-state index contributed by atoms with van der Waals surface area (Å²) >= 11 is 0. The zero-order valence-corrected chi connectivity index (χ0v) is 10.6. The first-order valence-electron chi connectivity index (χ1n) is 6.38. The van der Waals surface area contributed by atoms with Crippen molar-refractivity contribution in [3.05, 3.63) is 29.3 Å². The van der Waals surface area contributed by atoms with Crippen molar-refractivity contribution in [2.24, 2.45) is 5.73 Å². The molecule has 94 valence electrons. The third-order valence-corrected chi connectivity index (χ3v) is 3.36. The molecule has 5 nitrogen and oxygen atoms in total. The lowest BCUT2D eigenvalue weighted by atomic mass is 10.1. The predicted molar refractivity (Wildman–Crippen MR) is 68.8 cm³/mol. The van der Waals surface area contributed by atoms with Crippen molar-refractivity contribution in [3.63, 3.8) is 0 Å². The highest BCUT2D eigenvalue weighted by Crippen LogP contribution is 2.21. The molecule has 1 aliphatic rings. The van der Waals surface area contributed by atoms with Gasteiger partial charge in [0.1, 0.15) is 5.82 Å². The van der Waals surface area contributed by atoms with Gasteiger partial charge in [0.05, 0.1) is 5.69 Å². The smallest absolute Gasteiger partial charge is 0.183 e.